The number of carbonyl (C=O) groups excluding carboxylic acids is 1. The van der Waals surface area contributed by atoms with Crippen LogP contribution in [0.2, 0.25) is 0 Å². The first-order chi connectivity index (χ1) is 15.1. The maximum Gasteiger partial charge on any atom is 0.322 e. The molecule has 4 rings (SSSR count). The molecule has 1 amide bonds. The average molecular weight is 448 g/mol. The summed E-state index contributed by atoms with van der Waals surface area (Å²) in [6.07, 6.45) is 11.8. The number of amides is 1. The molecule has 182 valence electrons. The molecule has 0 aromatic heterocycles. The Balaban J connectivity index is 1.42. The lowest BCUT2D eigenvalue weighted by molar-refractivity contribution is -0.138. The minimum atomic E-state index is -0.989. The van der Waals surface area contributed by atoms with Crippen molar-refractivity contribution in [1.29, 1.82) is 0 Å². The van der Waals surface area contributed by atoms with E-state index in [9.17, 15) is 14.7 Å². The maximum atomic E-state index is 12.3. The number of rotatable bonds is 6. The van der Waals surface area contributed by atoms with Crippen LogP contribution in [0, 0.1) is 52.3 Å². The summed E-state index contributed by atoms with van der Waals surface area (Å²) >= 11 is 0. The Bertz CT molecular complexity index is 724. The van der Waals surface area contributed by atoms with Crippen molar-refractivity contribution >= 4 is 11.9 Å². The van der Waals surface area contributed by atoms with Gasteiger partial charge in [0.15, 0.2) is 0 Å². The largest absolute Gasteiger partial charge is 0.480 e. The maximum absolute atomic E-state index is 12.3. The highest BCUT2D eigenvalue weighted by Crippen LogP contribution is 2.68. The summed E-state index contributed by atoms with van der Waals surface area (Å²) in [5.74, 6) is 3.02. The van der Waals surface area contributed by atoms with Crippen LogP contribution in [0.1, 0.15) is 91.9 Å². The summed E-state index contributed by atoms with van der Waals surface area (Å²) in [6, 6.07) is 0. The average Bonchev–Trinajstić information content (AvgIpc) is 3.09. The number of carboxylic acids is 1. The first-order valence-corrected chi connectivity index (χ1v) is 13.2. The molecule has 10 atom stereocenters. The van der Waals surface area contributed by atoms with Gasteiger partial charge in [-0.25, -0.2) is 0 Å². The second-order valence-electron chi connectivity index (χ2n) is 12.5. The molecule has 0 aliphatic heterocycles. The number of aliphatic hydroxyl groups excluding tert-OH is 1. The van der Waals surface area contributed by atoms with Gasteiger partial charge < -0.3 is 15.5 Å². The fourth-order valence-corrected chi connectivity index (χ4v) is 9.38. The highest BCUT2D eigenvalue weighted by molar-refractivity contribution is 5.82. The van der Waals surface area contributed by atoms with E-state index in [4.69, 9.17) is 5.11 Å². The van der Waals surface area contributed by atoms with E-state index in [1.807, 2.05) is 6.92 Å². The van der Waals surface area contributed by atoms with Gasteiger partial charge in [-0.05, 0) is 111 Å². The first kappa shape index (κ1) is 24.0. The van der Waals surface area contributed by atoms with Crippen molar-refractivity contribution in [3.8, 4) is 0 Å². The number of fused-ring (bicyclic) bond motifs is 5. The molecule has 0 aromatic rings. The normalized spacial score (nSPS) is 45.2. The SMILES string of the molecule is CC(C[C@@H](C)[C@H]1CCC2C3CCC4C[C@H](O)CC[C@]4(C)C3CC[C@@]21C)C(=O)NCC(=O)O. The number of hydrogen-bond donors (Lipinski definition) is 3. The molecule has 0 spiro atoms. The molecule has 0 heterocycles. The van der Waals surface area contributed by atoms with Gasteiger partial charge in [-0.15, -0.1) is 0 Å². The number of hydrogen-bond acceptors (Lipinski definition) is 3. The Hall–Kier alpha value is -1.10. The highest BCUT2D eigenvalue weighted by atomic mass is 16.4. The molecule has 0 radical (unpaired) electrons. The van der Waals surface area contributed by atoms with Crippen molar-refractivity contribution in [2.75, 3.05) is 6.54 Å². The summed E-state index contributed by atoms with van der Waals surface area (Å²) in [5.41, 5.74) is 0.791. The molecule has 3 N–H and O–H groups in total. The standard InChI is InChI=1S/C27H45NO4/c1-16(13-17(2)25(32)28-15-24(30)31)21-7-8-22-20-6-5-18-14-19(29)9-11-26(18,3)23(20)10-12-27(21,22)4/h16-23,29H,5-15H2,1-4H3,(H,28,32)(H,30,31)/t16-,17?,18?,19-,20?,21-,22?,23?,26+,27-/m1/s1. The molecule has 4 saturated carbocycles. The van der Waals surface area contributed by atoms with E-state index in [0.717, 1.165) is 37.0 Å². The lowest BCUT2D eigenvalue weighted by Gasteiger charge is -2.61. The van der Waals surface area contributed by atoms with Gasteiger partial charge in [-0.2, -0.15) is 0 Å². The van der Waals surface area contributed by atoms with Crippen molar-refractivity contribution in [2.24, 2.45) is 52.3 Å². The molecule has 4 aliphatic rings. The predicted octanol–water partition coefficient (Wildman–Crippen LogP) is 4.87. The smallest absolute Gasteiger partial charge is 0.322 e. The van der Waals surface area contributed by atoms with Gasteiger partial charge in [0.1, 0.15) is 6.54 Å². The van der Waals surface area contributed by atoms with Crippen molar-refractivity contribution < 1.29 is 19.8 Å². The quantitative estimate of drug-likeness (QED) is 0.542. The molecule has 4 aliphatic carbocycles. The zero-order valence-corrected chi connectivity index (χ0v) is 20.6. The molecule has 5 heteroatoms. The van der Waals surface area contributed by atoms with Gasteiger partial charge >= 0.3 is 5.97 Å². The molecule has 4 fully saturated rings. The summed E-state index contributed by atoms with van der Waals surface area (Å²) in [5, 5.41) is 21.7. The van der Waals surface area contributed by atoms with Gasteiger partial charge in [0.05, 0.1) is 6.10 Å². The second-order valence-corrected chi connectivity index (χ2v) is 12.5. The summed E-state index contributed by atoms with van der Waals surface area (Å²) in [6.45, 7) is 9.08. The van der Waals surface area contributed by atoms with Gasteiger partial charge in [0, 0.05) is 5.92 Å². The molecule has 32 heavy (non-hydrogen) atoms. The lowest BCUT2D eigenvalue weighted by Crippen LogP contribution is -2.54. The lowest BCUT2D eigenvalue weighted by atomic mass is 9.44. The Kier molecular flexibility index (Phi) is 6.70. The van der Waals surface area contributed by atoms with Crippen LogP contribution in [-0.4, -0.2) is 34.7 Å². The van der Waals surface area contributed by atoms with Crippen LogP contribution in [0.5, 0.6) is 0 Å². The Morgan fingerprint density at radius 2 is 1.66 bits per heavy atom. The van der Waals surface area contributed by atoms with Gasteiger partial charge in [0.2, 0.25) is 5.91 Å². The molecule has 5 nitrogen and oxygen atoms in total. The number of carbonyl (C=O) groups is 2. The Labute approximate surface area is 194 Å². The number of aliphatic hydroxyl groups is 1. The van der Waals surface area contributed by atoms with E-state index < -0.39 is 5.97 Å². The highest BCUT2D eigenvalue weighted by Gasteiger charge is 2.60. The molecular formula is C27H45NO4. The van der Waals surface area contributed by atoms with Crippen molar-refractivity contribution in [2.45, 2.75) is 98.0 Å². The minimum Gasteiger partial charge on any atom is -0.480 e. The third-order valence-electron chi connectivity index (χ3n) is 11.0. The second kappa shape index (κ2) is 8.92. The Morgan fingerprint density at radius 3 is 2.38 bits per heavy atom. The van der Waals surface area contributed by atoms with Crippen LogP contribution < -0.4 is 5.32 Å². The minimum absolute atomic E-state index is 0.0788. The van der Waals surface area contributed by atoms with E-state index in [2.05, 4.69) is 26.1 Å². The number of nitrogens with one attached hydrogen (secondary N) is 1. The summed E-state index contributed by atoms with van der Waals surface area (Å²) < 4.78 is 0. The molecule has 0 bridgehead atoms. The first-order valence-electron chi connectivity index (χ1n) is 13.2. The van der Waals surface area contributed by atoms with Crippen LogP contribution in [0.15, 0.2) is 0 Å². The van der Waals surface area contributed by atoms with Crippen LogP contribution >= 0.6 is 0 Å². The third kappa shape index (κ3) is 4.12. The van der Waals surface area contributed by atoms with Gasteiger partial charge in [-0.3, -0.25) is 9.59 Å². The van der Waals surface area contributed by atoms with Gasteiger partial charge in [0.25, 0.3) is 0 Å². The zero-order valence-electron chi connectivity index (χ0n) is 20.6. The van der Waals surface area contributed by atoms with E-state index in [1.54, 1.807) is 0 Å². The monoisotopic (exact) mass is 447 g/mol. The topological polar surface area (TPSA) is 86.6 Å². The van der Waals surface area contributed by atoms with E-state index in [1.165, 1.54) is 44.9 Å². The van der Waals surface area contributed by atoms with E-state index in [0.29, 0.717) is 28.6 Å². The van der Waals surface area contributed by atoms with Crippen molar-refractivity contribution in [3.63, 3.8) is 0 Å². The summed E-state index contributed by atoms with van der Waals surface area (Å²) in [7, 11) is 0. The van der Waals surface area contributed by atoms with E-state index in [-0.39, 0.29) is 24.5 Å². The molecule has 5 unspecified atom stereocenters. The zero-order chi connectivity index (χ0) is 23.3. The van der Waals surface area contributed by atoms with Gasteiger partial charge in [-0.1, -0.05) is 27.7 Å². The Morgan fingerprint density at radius 1 is 0.969 bits per heavy atom. The fourth-order valence-electron chi connectivity index (χ4n) is 9.38. The van der Waals surface area contributed by atoms with Crippen LogP contribution in [-0.2, 0) is 9.59 Å². The van der Waals surface area contributed by atoms with Crippen LogP contribution in [0.25, 0.3) is 0 Å². The van der Waals surface area contributed by atoms with E-state index >= 15 is 0 Å². The molecular weight excluding hydrogens is 402 g/mol. The molecule has 0 aromatic carbocycles. The number of carboxylic acid groups (broad SMARTS) is 1. The summed E-state index contributed by atoms with van der Waals surface area (Å²) in [4.78, 5) is 23.1. The van der Waals surface area contributed by atoms with Crippen LogP contribution in [0.4, 0.5) is 0 Å². The number of aliphatic carboxylic acids is 1. The molecule has 0 saturated heterocycles. The van der Waals surface area contributed by atoms with Crippen LogP contribution in [0.3, 0.4) is 0 Å². The third-order valence-corrected chi connectivity index (χ3v) is 11.0. The predicted molar refractivity (Wildman–Crippen MR) is 125 cm³/mol. The van der Waals surface area contributed by atoms with Crippen molar-refractivity contribution in [1.82, 2.24) is 5.32 Å². The van der Waals surface area contributed by atoms with Crippen molar-refractivity contribution in [3.05, 3.63) is 0 Å². The fraction of sp³-hybridized carbons (Fsp3) is 0.926.